The summed E-state index contributed by atoms with van der Waals surface area (Å²) in [5, 5.41) is 0. The van der Waals surface area contributed by atoms with Crippen LogP contribution in [0.15, 0.2) is 30.3 Å². The molecule has 1 aromatic rings. The number of benzene rings is 1. The Bertz CT molecular complexity index is 229. The quantitative estimate of drug-likeness (QED) is 0.675. The van der Waals surface area contributed by atoms with Crippen LogP contribution in [0.4, 0.5) is 0 Å². The van der Waals surface area contributed by atoms with Gasteiger partial charge < -0.3 is 9.47 Å². The lowest BCUT2D eigenvalue weighted by atomic mass is 10.2. The molecule has 2 rings (SSSR count). The van der Waals surface area contributed by atoms with Crippen molar-refractivity contribution < 1.29 is 9.47 Å². The normalized spacial score (nSPS) is 17.3. The van der Waals surface area contributed by atoms with Gasteiger partial charge in [-0.3, -0.25) is 0 Å². The molecule has 1 fully saturated rings. The van der Waals surface area contributed by atoms with Crippen molar-refractivity contribution in [2.45, 2.75) is 12.7 Å². The average molecular weight is 164 g/mol. The summed E-state index contributed by atoms with van der Waals surface area (Å²) < 4.78 is 10.5. The highest BCUT2D eigenvalue weighted by molar-refractivity contribution is 5.13. The van der Waals surface area contributed by atoms with Gasteiger partial charge in [0.25, 0.3) is 0 Å². The van der Waals surface area contributed by atoms with Crippen LogP contribution in [0, 0.1) is 0 Å². The summed E-state index contributed by atoms with van der Waals surface area (Å²) in [5.74, 6) is 0. The first-order valence-electron chi connectivity index (χ1n) is 4.18. The number of hydrogen-bond donors (Lipinski definition) is 0. The molecule has 1 aliphatic rings. The zero-order valence-corrected chi connectivity index (χ0v) is 6.90. The zero-order chi connectivity index (χ0) is 8.23. The molecule has 0 bridgehead atoms. The minimum Gasteiger partial charge on any atom is -0.376 e. The molecule has 0 spiro atoms. The Morgan fingerprint density at radius 1 is 1.25 bits per heavy atom. The topological polar surface area (TPSA) is 18.5 Å². The molecular formula is C10H12O2. The number of rotatable bonds is 3. The van der Waals surface area contributed by atoms with Gasteiger partial charge in [-0.1, -0.05) is 30.3 Å². The third-order valence-corrected chi connectivity index (χ3v) is 1.94. The fourth-order valence-electron chi connectivity index (χ4n) is 1.10. The Morgan fingerprint density at radius 2 is 2.00 bits per heavy atom. The van der Waals surface area contributed by atoms with Gasteiger partial charge in [0.05, 0.1) is 19.8 Å². The largest absolute Gasteiger partial charge is 0.376 e. The molecule has 12 heavy (non-hydrogen) atoms. The molecule has 0 N–H and O–H groups in total. The van der Waals surface area contributed by atoms with Crippen LogP contribution in [0.3, 0.4) is 0 Å². The van der Waals surface area contributed by atoms with E-state index in [-0.39, 0.29) is 0 Å². The van der Waals surface area contributed by atoms with Gasteiger partial charge >= 0.3 is 0 Å². The lowest BCUT2D eigenvalue weighted by molar-refractivity contribution is -0.135. The molecule has 1 aliphatic heterocycles. The van der Waals surface area contributed by atoms with Crippen molar-refractivity contribution in [2.75, 3.05) is 13.2 Å². The molecule has 0 atom stereocenters. The SMILES string of the molecule is c1ccc(COC2COC2)cc1. The maximum absolute atomic E-state index is 5.54. The molecule has 1 heterocycles. The van der Waals surface area contributed by atoms with Gasteiger partial charge in [-0.25, -0.2) is 0 Å². The molecule has 64 valence electrons. The van der Waals surface area contributed by atoms with Crippen molar-refractivity contribution in [3.05, 3.63) is 35.9 Å². The second-order valence-electron chi connectivity index (χ2n) is 2.96. The average Bonchev–Trinajstić information content (AvgIpc) is 2.04. The number of ether oxygens (including phenoxy) is 2. The second-order valence-corrected chi connectivity index (χ2v) is 2.96. The third-order valence-electron chi connectivity index (χ3n) is 1.94. The molecular weight excluding hydrogens is 152 g/mol. The molecule has 0 aliphatic carbocycles. The van der Waals surface area contributed by atoms with Crippen LogP contribution in [0.2, 0.25) is 0 Å². The van der Waals surface area contributed by atoms with Crippen LogP contribution in [0.1, 0.15) is 5.56 Å². The Morgan fingerprint density at radius 3 is 2.58 bits per heavy atom. The Labute approximate surface area is 72.1 Å². The molecule has 1 aromatic carbocycles. The zero-order valence-electron chi connectivity index (χ0n) is 6.90. The molecule has 2 heteroatoms. The lowest BCUT2D eigenvalue weighted by Crippen LogP contribution is -2.35. The Hall–Kier alpha value is -0.860. The van der Waals surface area contributed by atoms with Crippen molar-refractivity contribution in [3.8, 4) is 0 Å². The van der Waals surface area contributed by atoms with E-state index in [1.165, 1.54) is 5.56 Å². The van der Waals surface area contributed by atoms with E-state index in [0.717, 1.165) is 13.2 Å². The fraction of sp³-hybridized carbons (Fsp3) is 0.400. The molecule has 0 amide bonds. The van der Waals surface area contributed by atoms with Crippen LogP contribution < -0.4 is 0 Å². The van der Waals surface area contributed by atoms with E-state index in [1.54, 1.807) is 0 Å². The first kappa shape index (κ1) is 7.77. The highest BCUT2D eigenvalue weighted by Gasteiger charge is 2.18. The van der Waals surface area contributed by atoms with Crippen molar-refractivity contribution in [1.29, 1.82) is 0 Å². The Kier molecular flexibility index (Phi) is 2.39. The minimum atomic E-state index is 0.324. The van der Waals surface area contributed by atoms with Gasteiger partial charge in [-0.05, 0) is 5.56 Å². The van der Waals surface area contributed by atoms with Crippen LogP contribution in [0.5, 0.6) is 0 Å². The van der Waals surface area contributed by atoms with Crippen molar-refractivity contribution in [1.82, 2.24) is 0 Å². The molecule has 0 aromatic heterocycles. The second kappa shape index (κ2) is 3.70. The highest BCUT2D eigenvalue weighted by atomic mass is 16.6. The smallest absolute Gasteiger partial charge is 0.105 e. The van der Waals surface area contributed by atoms with Crippen LogP contribution in [-0.4, -0.2) is 19.3 Å². The monoisotopic (exact) mass is 164 g/mol. The van der Waals surface area contributed by atoms with Crippen LogP contribution >= 0.6 is 0 Å². The van der Waals surface area contributed by atoms with E-state index in [9.17, 15) is 0 Å². The summed E-state index contributed by atoms with van der Waals surface area (Å²) in [6.07, 6.45) is 0.324. The summed E-state index contributed by atoms with van der Waals surface area (Å²) in [4.78, 5) is 0. The molecule has 0 radical (unpaired) electrons. The van der Waals surface area contributed by atoms with E-state index >= 15 is 0 Å². The third kappa shape index (κ3) is 1.84. The predicted octanol–water partition coefficient (Wildman–Crippen LogP) is 1.60. The predicted molar refractivity (Wildman–Crippen MR) is 45.8 cm³/mol. The van der Waals surface area contributed by atoms with E-state index in [4.69, 9.17) is 9.47 Å². The lowest BCUT2D eigenvalue weighted by Gasteiger charge is -2.25. The van der Waals surface area contributed by atoms with Gasteiger partial charge in [-0.15, -0.1) is 0 Å². The molecule has 2 nitrogen and oxygen atoms in total. The van der Waals surface area contributed by atoms with Crippen molar-refractivity contribution in [3.63, 3.8) is 0 Å². The Balaban J connectivity index is 1.79. The molecule has 0 unspecified atom stereocenters. The first-order chi connectivity index (χ1) is 5.95. The van der Waals surface area contributed by atoms with Crippen LogP contribution in [-0.2, 0) is 16.1 Å². The van der Waals surface area contributed by atoms with E-state index in [2.05, 4.69) is 12.1 Å². The van der Waals surface area contributed by atoms with Gasteiger partial charge in [0.1, 0.15) is 6.10 Å². The summed E-state index contributed by atoms with van der Waals surface area (Å²) in [5.41, 5.74) is 1.23. The van der Waals surface area contributed by atoms with E-state index < -0.39 is 0 Å². The minimum absolute atomic E-state index is 0.324. The van der Waals surface area contributed by atoms with Gasteiger partial charge in [0.15, 0.2) is 0 Å². The van der Waals surface area contributed by atoms with Crippen LogP contribution in [0.25, 0.3) is 0 Å². The number of hydrogen-bond acceptors (Lipinski definition) is 2. The molecule has 1 saturated heterocycles. The van der Waals surface area contributed by atoms with Gasteiger partial charge in [0.2, 0.25) is 0 Å². The summed E-state index contributed by atoms with van der Waals surface area (Å²) in [6.45, 7) is 2.22. The van der Waals surface area contributed by atoms with Crippen molar-refractivity contribution in [2.24, 2.45) is 0 Å². The van der Waals surface area contributed by atoms with Crippen molar-refractivity contribution >= 4 is 0 Å². The summed E-state index contributed by atoms with van der Waals surface area (Å²) in [6, 6.07) is 10.2. The van der Waals surface area contributed by atoms with E-state index in [1.807, 2.05) is 18.2 Å². The standard InChI is InChI=1S/C10H12O2/c1-2-4-9(5-3-1)6-12-10-7-11-8-10/h1-5,10H,6-8H2. The fourth-order valence-corrected chi connectivity index (χ4v) is 1.10. The summed E-state index contributed by atoms with van der Waals surface area (Å²) in [7, 11) is 0. The maximum atomic E-state index is 5.54. The first-order valence-corrected chi connectivity index (χ1v) is 4.18. The molecule has 0 saturated carbocycles. The van der Waals surface area contributed by atoms with Gasteiger partial charge in [-0.2, -0.15) is 0 Å². The summed E-state index contributed by atoms with van der Waals surface area (Å²) >= 11 is 0. The van der Waals surface area contributed by atoms with E-state index in [0.29, 0.717) is 12.7 Å². The van der Waals surface area contributed by atoms with Gasteiger partial charge in [0, 0.05) is 0 Å². The highest BCUT2D eigenvalue weighted by Crippen LogP contribution is 2.09. The maximum Gasteiger partial charge on any atom is 0.105 e.